The first-order chi connectivity index (χ1) is 14.8. The van der Waals surface area contributed by atoms with Gasteiger partial charge in [0.15, 0.2) is 0 Å². The number of alkyl halides is 3. The molecule has 2 aromatic heterocycles. The van der Waals surface area contributed by atoms with Crippen molar-refractivity contribution in [2.75, 3.05) is 24.6 Å². The van der Waals surface area contributed by atoms with Gasteiger partial charge in [-0.25, -0.2) is 9.97 Å². The topological polar surface area (TPSA) is 71.1 Å². The van der Waals surface area contributed by atoms with E-state index in [1.54, 1.807) is 6.20 Å². The Balaban J connectivity index is 1.50. The van der Waals surface area contributed by atoms with Gasteiger partial charge in [0.05, 0.1) is 12.2 Å². The van der Waals surface area contributed by atoms with Crippen LogP contribution in [0, 0.1) is 0 Å². The van der Waals surface area contributed by atoms with Crippen molar-refractivity contribution in [3.8, 4) is 11.4 Å². The van der Waals surface area contributed by atoms with Crippen LogP contribution in [0.2, 0.25) is 0 Å². The Kier molecular flexibility index (Phi) is 5.77. The van der Waals surface area contributed by atoms with Crippen LogP contribution in [0.3, 0.4) is 0 Å². The van der Waals surface area contributed by atoms with Gasteiger partial charge in [0.1, 0.15) is 17.7 Å². The van der Waals surface area contributed by atoms with E-state index in [4.69, 9.17) is 4.74 Å². The first kappa shape index (κ1) is 21.0. The standard InChI is InChI=1S/C22H21F3N4O2/c1-2-17-11-20(30)28-21(27-17)15-5-8-19(26-12-15)29-9-10-31-18(13-29)14-3-6-16(7-4-14)22(23,24)25/h3-8,11-12,18H,2,9-10,13H2,1H3,(H,27,28,30). The van der Waals surface area contributed by atoms with Crippen molar-refractivity contribution in [1.29, 1.82) is 0 Å². The number of nitrogens with zero attached hydrogens (tertiary/aromatic N) is 3. The molecule has 162 valence electrons. The summed E-state index contributed by atoms with van der Waals surface area (Å²) < 4.78 is 44.2. The molecule has 3 heterocycles. The van der Waals surface area contributed by atoms with Crippen molar-refractivity contribution >= 4 is 5.82 Å². The van der Waals surface area contributed by atoms with Crippen LogP contribution in [0.4, 0.5) is 19.0 Å². The summed E-state index contributed by atoms with van der Waals surface area (Å²) in [6.07, 6.45) is -2.41. The number of ether oxygens (including phenoxy) is 1. The summed E-state index contributed by atoms with van der Waals surface area (Å²) in [5.41, 5.74) is 1.20. The largest absolute Gasteiger partial charge is 0.416 e. The van der Waals surface area contributed by atoms with Crippen LogP contribution < -0.4 is 10.5 Å². The number of aryl methyl sites for hydroxylation is 1. The maximum Gasteiger partial charge on any atom is 0.416 e. The van der Waals surface area contributed by atoms with Crippen molar-refractivity contribution in [3.05, 3.63) is 75.8 Å². The van der Waals surface area contributed by atoms with Crippen molar-refractivity contribution in [2.24, 2.45) is 0 Å². The van der Waals surface area contributed by atoms with Crippen LogP contribution in [0.15, 0.2) is 53.5 Å². The van der Waals surface area contributed by atoms with Gasteiger partial charge in [-0.15, -0.1) is 0 Å². The van der Waals surface area contributed by atoms with Gasteiger partial charge in [-0.3, -0.25) is 4.79 Å². The van der Waals surface area contributed by atoms with E-state index in [0.717, 1.165) is 18.0 Å². The van der Waals surface area contributed by atoms with Gasteiger partial charge < -0.3 is 14.6 Å². The molecule has 4 rings (SSSR count). The molecule has 1 aliphatic rings. The maximum absolute atomic E-state index is 12.8. The maximum atomic E-state index is 12.8. The molecule has 0 bridgehead atoms. The molecule has 1 aliphatic heterocycles. The zero-order valence-corrected chi connectivity index (χ0v) is 16.8. The second kappa shape index (κ2) is 8.50. The molecule has 0 spiro atoms. The van der Waals surface area contributed by atoms with Crippen LogP contribution >= 0.6 is 0 Å². The quantitative estimate of drug-likeness (QED) is 0.678. The highest BCUT2D eigenvalue weighted by molar-refractivity contribution is 5.56. The van der Waals surface area contributed by atoms with E-state index in [1.807, 2.05) is 24.0 Å². The van der Waals surface area contributed by atoms with Gasteiger partial charge in [-0.1, -0.05) is 19.1 Å². The molecule has 1 atom stereocenters. The van der Waals surface area contributed by atoms with Crippen LogP contribution in [0.25, 0.3) is 11.4 Å². The zero-order chi connectivity index (χ0) is 22.0. The molecular formula is C22H21F3N4O2. The van der Waals surface area contributed by atoms with E-state index in [9.17, 15) is 18.0 Å². The normalized spacial score (nSPS) is 17.0. The molecule has 3 aromatic rings. The van der Waals surface area contributed by atoms with Gasteiger partial charge in [0.2, 0.25) is 0 Å². The molecule has 1 saturated heterocycles. The van der Waals surface area contributed by atoms with Crippen LogP contribution in [0.1, 0.15) is 29.8 Å². The molecule has 1 unspecified atom stereocenters. The molecule has 0 aliphatic carbocycles. The Bertz CT molecular complexity index is 1100. The van der Waals surface area contributed by atoms with E-state index in [0.29, 0.717) is 48.8 Å². The first-order valence-electron chi connectivity index (χ1n) is 9.94. The van der Waals surface area contributed by atoms with Gasteiger partial charge in [0.25, 0.3) is 5.56 Å². The second-order valence-electron chi connectivity index (χ2n) is 7.27. The van der Waals surface area contributed by atoms with Crippen LogP contribution in [-0.2, 0) is 17.3 Å². The molecule has 1 fully saturated rings. The van der Waals surface area contributed by atoms with Crippen LogP contribution in [-0.4, -0.2) is 34.6 Å². The number of hydrogen-bond donors (Lipinski definition) is 1. The molecule has 0 saturated carbocycles. The first-order valence-corrected chi connectivity index (χ1v) is 9.94. The molecule has 31 heavy (non-hydrogen) atoms. The molecule has 1 aromatic carbocycles. The third-order valence-electron chi connectivity index (χ3n) is 5.18. The molecule has 9 heteroatoms. The smallest absolute Gasteiger partial charge is 0.370 e. The molecular weight excluding hydrogens is 409 g/mol. The summed E-state index contributed by atoms with van der Waals surface area (Å²) in [5.74, 6) is 1.19. The number of aromatic nitrogens is 3. The van der Waals surface area contributed by atoms with E-state index in [2.05, 4.69) is 15.0 Å². The van der Waals surface area contributed by atoms with E-state index in [-0.39, 0.29) is 11.7 Å². The van der Waals surface area contributed by atoms with Crippen molar-refractivity contribution in [3.63, 3.8) is 0 Å². The highest BCUT2D eigenvalue weighted by Gasteiger charge is 2.31. The average Bonchev–Trinajstić information content (AvgIpc) is 2.78. The minimum absolute atomic E-state index is 0.210. The fraction of sp³-hybridized carbons (Fsp3) is 0.318. The lowest BCUT2D eigenvalue weighted by molar-refractivity contribution is -0.137. The summed E-state index contributed by atoms with van der Waals surface area (Å²) in [7, 11) is 0. The van der Waals surface area contributed by atoms with E-state index >= 15 is 0 Å². The molecule has 6 nitrogen and oxygen atoms in total. The van der Waals surface area contributed by atoms with E-state index < -0.39 is 11.7 Å². The number of morpholine rings is 1. The summed E-state index contributed by atoms with van der Waals surface area (Å²) in [6.45, 7) is 3.45. The number of anilines is 1. The number of hydrogen-bond acceptors (Lipinski definition) is 5. The number of H-pyrrole nitrogens is 1. The Hall–Kier alpha value is -3.20. The SMILES string of the molecule is CCc1cc(=O)[nH]c(-c2ccc(N3CCOC(c4ccc(C(F)(F)F)cc4)C3)nc2)n1. The lowest BCUT2D eigenvalue weighted by atomic mass is 10.1. The number of pyridine rings is 1. The predicted molar refractivity (Wildman–Crippen MR) is 110 cm³/mol. The predicted octanol–water partition coefficient (Wildman–Crippen LogP) is 3.99. The van der Waals surface area contributed by atoms with Crippen molar-refractivity contribution in [1.82, 2.24) is 15.0 Å². The summed E-state index contributed by atoms with van der Waals surface area (Å²) >= 11 is 0. The monoisotopic (exact) mass is 430 g/mol. The summed E-state index contributed by atoms with van der Waals surface area (Å²) in [6, 6.07) is 10.2. The highest BCUT2D eigenvalue weighted by Crippen LogP contribution is 2.31. The lowest BCUT2D eigenvalue weighted by Crippen LogP contribution is -2.38. The Labute approximate surface area is 176 Å². The Morgan fingerprint density at radius 3 is 2.61 bits per heavy atom. The van der Waals surface area contributed by atoms with Crippen molar-refractivity contribution in [2.45, 2.75) is 25.6 Å². The van der Waals surface area contributed by atoms with Gasteiger partial charge in [-0.2, -0.15) is 13.2 Å². The fourth-order valence-electron chi connectivity index (χ4n) is 3.48. The number of nitrogens with one attached hydrogen (secondary N) is 1. The number of rotatable bonds is 4. The summed E-state index contributed by atoms with van der Waals surface area (Å²) in [5, 5.41) is 0. The molecule has 0 radical (unpaired) electrons. The highest BCUT2D eigenvalue weighted by atomic mass is 19.4. The average molecular weight is 430 g/mol. The third-order valence-corrected chi connectivity index (χ3v) is 5.18. The van der Waals surface area contributed by atoms with Crippen molar-refractivity contribution < 1.29 is 17.9 Å². The zero-order valence-electron chi connectivity index (χ0n) is 16.8. The Morgan fingerprint density at radius 2 is 1.97 bits per heavy atom. The molecule has 1 N–H and O–H groups in total. The van der Waals surface area contributed by atoms with Gasteiger partial charge in [0, 0.05) is 36.6 Å². The lowest BCUT2D eigenvalue weighted by Gasteiger charge is -2.34. The molecule has 0 amide bonds. The van der Waals surface area contributed by atoms with Gasteiger partial charge >= 0.3 is 6.18 Å². The minimum Gasteiger partial charge on any atom is -0.370 e. The minimum atomic E-state index is -4.36. The number of halogens is 3. The van der Waals surface area contributed by atoms with E-state index in [1.165, 1.54) is 18.2 Å². The fourth-order valence-corrected chi connectivity index (χ4v) is 3.48. The van der Waals surface area contributed by atoms with Gasteiger partial charge in [-0.05, 0) is 36.2 Å². The number of aromatic amines is 1. The Morgan fingerprint density at radius 1 is 1.19 bits per heavy atom. The number of benzene rings is 1. The third kappa shape index (κ3) is 4.77. The van der Waals surface area contributed by atoms with Crippen LogP contribution in [0.5, 0.6) is 0 Å². The second-order valence-corrected chi connectivity index (χ2v) is 7.27. The summed E-state index contributed by atoms with van der Waals surface area (Å²) in [4.78, 5) is 25.5.